The number of hydrogen-bond acceptors (Lipinski definition) is 3. The molecule has 0 saturated heterocycles. The lowest BCUT2D eigenvalue weighted by Crippen LogP contribution is -2.47. The first-order valence-corrected chi connectivity index (χ1v) is 9.94. The zero-order valence-corrected chi connectivity index (χ0v) is 15.8. The number of ether oxygens (including phenoxy) is 1. The maximum absolute atomic E-state index is 12.4. The number of carbonyl (C=O) groups is 2. The first-order chi connectivity index (χ1) is 12.4. The summed E-state index contributed by atoms with van der Waals surface area (Å²) >= 11 is 0. The van der Waals surface area contributed by atoms with Crippen LogP contribution in [0.1, 0.15) is 56.1 Å². The Labute approximate surface area is 155 Å². The fourth-order valence-corrected chi connectivity index (χ4v) is 6.08. The number of rotatable bonds is 5. The molecule has 0 heterocycles. The Morgan fingerprint density at radius 1 is 1.08 bits per heavy atom. The van der Waals surface area contributed by atoms with Crippen LogP contribution in [0.5, 0.6) is 0 Å². The Kier molecular flexibility index (Phi) is 4.54. The van der Waals surface area contributed by atoms with Crippen LogP contribution in [0.4, 0.5) is 5.69 Å². The van der Waals surface area contributed by atoms with E-state index in [0.717, 1.165) is 34.6 Å². The summed E-state index contributed by atoms with van der Waals surface area (Å²) in [6.45, 7) is 3.79. The van der Waals surface area contributed by atoms with Crippen LogP contribution in [0.25, 0.3) is 0 Å². The zero-order chi connectivity index (χ0) is 18.3. The molecule has 0 aromatic heterocycles. The molecule has 0 radical (unpaired) electrons. The number of amides is 1. The van der Waals surface area contributed by atoms with Gasteiger partial charge in [-0.25, -0.2) is 0 Å². The van der Waals surface area contributed by atoms with Gasteiger partial charge < -0.3 is 10.1 Å². The highest BCUT2D eigenvalue weighted by Crippen LogP contribution is 2.61. The minimum Gasteiger partial charge on any atom is -0.456 e. The second-order valence-corrected chi connectivity index (χ2v) is 9.05. The number of aryl methyl sites for hydroxylation is 1. The molecule has 1 amide bonds. The molecule has 1 aromatic carbocycles. The van der Waals surface area contributed by atoms with Crippen molar-refractivity contribution in [2.24, 2.45) is 23.2 Å². The van der Waals surface area contributed by atoms with Crippen molar-refractivity contribution in [3.05, 3.63) is 29.3 Å². The first-order valence-electron chi connectivity index (χ1n) is 9.94. The molecule has 4 bridgehead atoms. The van der Waals surface area contributed by atoms with E-state index in [1.54, 1.807) is 0 Å². The van der Waals surface area contributed by atoms with Crippen molar-refractivity contribution in [2.75, 3.05) is 11.9 Å². The van der Waals surface area contributed by atoms with Crippen molar-refractivity contribution in [2.45, 2.75) is 58.8 Å². The van der Waals surface area contributed by atoms with Crippen LogP contribution < -0.4 is 5.32 Å². The fourth-order valence-electron chi connectivity index (χ4n) is 6.08. The van der Waals surface area contributed by atoms with Gasteiger partial charge in [0.05, 0.1) is 6.42 Å². The smallest absolute Gasteiger partial charge is 0.306 e. The highest BCUT2D eigenvalue weighted by molar-refractivity contribution is 5.93. The van der Waals surface area contributed by atoms with Crippen molar-refractivity contribution in [3.8, 4) is 0 Å². The predicted octanol–water partition coefficient (Wildman–Crippen LogP) is 4.39. The van der Waals surface area contributed by atoms with E-state index in [-0.39, 0.29) is 23.9 Å². The van der Waals surface area contributed by atoms with Gasteiger partial charge in [-0.05, 0) is 92.7 Å². The van der Waals surface area contributed by atoms with Gasteiger partial charge in [-0.1, -0.05) is 12.1 Å². The summed E-state index contributed by atoms with van der Waals surface area (Å²) in [5, 5.41) is 2.85. The van der Waals surface area contributed by atoms with E-state index < -0.39 is 0 Å². The van der Waals surface area contributed by atoms with Crippen LogP contribution in [0.3, 0.4) is 0 Å². The Bertz CT molecular complexity index is 689. The van der Waals surface area contributed by atoms with Gasteiger partial charge in [-0.3, -0.25) is 9.59 Å². The van der Waals surface area contributed by atoms with E-state index in [1.165, 1.54) is 38.5 Å². The monoisotopic (exact) mass is 355 g/mol. The molecular weight excluding hydrogens is 326 g/mol. The molecule has 5 rings (SSSR count). The molecule has 4 aliphatic rings. The zero-order valence-electron chi connectivity index (χ0n) is 15.8. The molecule has 0 atom stereocenters. The molecule has 4 saturated carbocycles. The van der Waals surface area contributed by atoms with E-state index in [1.807, 2.05) is 32.0 Å². The fraction of sp³-hybridized carbons (Fsp3) is 0.636. The van der Waals surface area contributed by atoms with E-state index >= 15 is 0 Å². The molecule has 4 heteroatoms. The lowest BCUT2D eigenvalue weighted by Gasteiger charge is -2.56. The number of anilines is 1. The van der Waals surface area contributed by atoms with Crippen molar-refractivity contribution in [3.63, 3.8) is 0 Å². The van der Waals surface area contributed by atoms with E-state index in [4.69, 9.17) is 4.74 Å². The third kappa shape index (κ3) is 3.51. The van der Waals surface area contributed by atoms with Gasteiger partial charge in [0.2, 0.25) is 0 Å². The lowest BCUT2D eigenvalue weighted by atomic mass is 9.49. The van der Waals surface area contributed by atoms with Crippen molar-refractivity contribution in [1.29, 1.82) is 0 Å². The van der Waals surface area contributed by atoms with Crippen LogP contribution in [-0.4, -0.2) is 18.5 Å². The van der Waals surface area contributed by atoms with Gasteiger partial charge in [-0.15, -0.1) is 0 Å². The van der Waals surface area contributed by atoms with Gasteiger partial charge >= 0.3 is 5.97 Å². The standard InChI is InChI=1S/C22H29NO3/c1-14-4-3-5-19(15(14)2)23-20(24)13-26-21(25)12-22-9-16-6-17(10-22)8-18(7-16)11-22/h3-5,16-18H,6-13H2,1-2H3,(H,23,24). The summed E-state index contributed by atoms with van der Waals surface area (Å²) in [4.78, 5) is 24.6. The molecular formula is C22H29NO3. The minimum absolute atomic E-state index is 0.162. The Morgan fingerprint density at radius 2 is 1.69 bits per heavy atom. The number of esters is 1. The Hall–Kier alpha value is -1.84. The minimum atomic E-state index is -0.266. The van der Waals surface area contributed by atoms with E-state index in [0.29, 0.717) is 6.42 Å². The van der Waals surface area contributed by atoms with Gasteiger partial charge in [0.15, 0.2) is 6.61 Å². The molecule has 4 fully saturated rings. The number of carbonyl (C=O) groups excluding carboxylic acids is 2. The first kappa shape index (κ1) is 17.6. The molecule has 0 spiro atoms. The second-order valence-electron chi connectivity index (χ2n) is 9.05. The molecule has 0 unspecified atom stereocenters. The molecule has 1 aromatic rings. The van der Waals surface area contributed by atoms with E-state index in [2.05, 4.69) is 5.32 Å². The van der Waals surface area contributed by atoms with Gasteiger partial charge in [-0.2, -0.15) is 0 Å². The molecule has 140 valence electrons. The van der Waals surface area contributed by atoms with Crippen molar-refractivity contribution >= 4 is 17.6 Å². The van der Waals surface area contributed by atoms with Crippen LogP contribution in [0, 0.1) is 37.0 Å². The molecule has 4 nitrogen and oxygen atoms in total. The lowest BCUT2D eigenvalue weighted by molar-refractivity contribution is -0.154. The van der Waals surface area contributed by atoms with Gasteiger partial charge in [0.25, 0.3) is 5.91 Å². The SMILES string of the molecule is Cc1cccc(NC(=O)COC(=O)CC23CC4CC(CC(C4)C2)C3)c1C. The normalized spacial score (nSPS) is 31.7. The summed E-state index contributed by atoms with van der Waals surface area (Å²) in [5.41, 5.74) is 3.12. The number of hydrogen-bond donors (Lipinski definition) is 1. The summed E-state index contributed by atoms with van der Waals surface area (Å²) in [5.74, 6) is 1.99. The highest BCUT2D eigenvalue weighted by atomic mass is 16.5. The van der Waals surface area contributed by atoms with Crippen LogP contribution >= 0.6 is 0 Å². The van der Waals surface area contributed by atoms with Crippen molar-refractivity contribution in [1.82, 2.24) is 0 Å². The number of benzene rings is 1. The Balaban J connectivity index is 1.29. The average Bonchev–Trinajstić information content (AvgIpc) is 2.55. The summed E-state index contributed by atoms with van der Waals surface area (Å²) in [6, 6.07) is 5.80. The van der Waals surface area contributed by atoms with Gasteiger partial charge in [0, 0.05) is 5.69 Å². The topological polar surface area (TPSA) is 55.4 Å². The van der Waals surface area contributed by atoms with Crippen LogP contribution in [-0.2, 0) is 14.3 Å². The highest BCUT2D eigenvalue weighted by Gasteiger charge is 2.51. The second kappa shape index (κ2) is 6.71. The van der Waals surface area contributed by atoms with E-state index in [9.17, 15) is 9.59 Å². The van der Waals surface area contributed by atoms with Crippen LogP contribution in [0.2, 0.25) is 0 Å². The third-order valence-electron chi connectivity index (χ3n) is 6.93. The maximum atomic E-state index is 12.4. The summed E-state index contributed by atoms with van der Waals surface area (Å²) < 4.78 is 5.33. The summed E-state index contributed by atoms with van der Waals surface area (Å²) in [7, 11) is 0. The summed E-state index contributed by atoms with van der Waals surface area (Å²) in [6.07, 6.45) is 8.15. The third-order valence-corrected chi connectivity index (χ3v) is 6.93. The predicted molar refractivity (Wildman–Crippen MR) is 101 cm³/mol. The van der Waals surface area contributed by atoms with Crippen molar-refractivity contribution < 1.29 is 14.3 Å². The quantitative estimate of drug-likeness (QED) is 0.797. The molecule has 26 heavy (non-hydrogen) atoms. The van der Waals surface area contributed by atoms with Gasteiger partial charge in [0.1, 0.15) is 0 Å². The van der Waals surface area contributed by atoms with Crippen LogP contribution in [0.15, 0.2) is 18.2 Å². The largest absolute Gasteiger partial charge is 0.456 e. The number of nitrogens with one attached hydrogen (secondary N) is 1. The molecule has 4 aliphatic carbocycles. The average molecular weight is 355 g/mol. The molecule has 1 N–H and O–H groups in total. The Morgan fingerprint density at radius 3 is 2.31 bits per heavy atom. The maximum Gasteiger partial charge on any atom is 0.306 e. The molecule has 0 aliphatic heterocycles.